The lowest BCUT2D eigenvalue weighted by Gasteiger charge is -2.13. The fourth-order valence-electron chi connectivity index (χ4n) is 2.70. The molecule has 4 rings (SSSR count). The first kappa shape index (κ1) is 18.9. The summed E-state index contributed by atoms with van der Waals surface area (Å²) < 4.78 is 17.0. The lowest BCUT2D eigenvalue weighted by atomic mass is 10.1. The number of carbonyl (C=O) groups is 1. The fraction of sp³-hybridized carbons (Fsp3) is 0.136. The van der Waals surface area contributed by atoms with Gasteiger partial charge >= 0.3 is 5.97 Å². The van der Waals surface area contributed by atoms with Crippen LogP contribution in [0.25, 0.3) is 10.8 Å². The van der Waals surface area contributed by atoms with Crippen molar-refractivity contribution in [2.24, 2.45) is 0 Å². The Bertz CT molecular complexity index is 1080. The molecule has 0 radical (unpaired) electrons. The third-order valence-corrected chi connectivity index (χ3v) is 5.04. The number of carbonyl (C=O) groups excluding carboxylic acids is 1. The Labute approximate surface area is 171 Å². The number of esters is 1. The highest BCUT2D eigenvalue weighted by atomic mass is 32.1. The molecule has 1 atom stereocenters. The van der Waals surface area contributed by atoms with Gasteiger partial charge in [0.15, 0.2) is 6.10 Å². The summed E-state index contributed by atoms with van der Waals surface area (Å²) >= 11 is 1.50. The van der Waals surface area contributed by atoms with E-state index in [-0.39, 0.29) is 12.5 Å². The number of rotatable bonds is 7. The standard InChI is InChI=1S/C22H18N2O4S/c1-15(20-23-24-21(28-20)19-12-7-13-29-19)27-22(25)18-11-6-5-8-16(18)14-26-17-9-3-2-4-10-17/h2-13,15H,14H2,1H3/t15-/m0/s1. The molecule has 0 saturated heterocycles. The number of nitrogens with zero attached hydrogens (tertiary/aromatic N) is 2. The summed E-state index contributed by atoms with van der Waals surface area (Å²) in [4.78, 5) is 13.6. The van der Waals surface area contributed by atoms with E-state index in [2.05, 4.69) is 10.2 Å². The van der Waals surface area contributed by atoms with E-state index < -0.39 is 12.1 Å². The zero-order chi connectivity index (χ0) is 20.1. The van der Waals surface area contributed by atoms with Crippen molar-refractivity contribution in [2.45, 2.75) is 19.6 Å². The van der Waals surface area contributed by atoms with Crippen LogP contribution < -0.4 is 4.74 Å². The lowest BCUT2D eigenvalue weighted by Crippen LogP contribution is -2.12. The highest BCUT2D eigenvalue weighted by molar-refractivity contribution is 7.13. The summed E-state index contributed by atoms with van der Waals surface area (Å²) in [5.74, 6) is 0.922. The van der Waals surface area contributed by atoms with Crippen LogP contribution in [-0.2, 0) is 11.3 Å². The minimum atomic E-state index is -0.674. The van der Waals surface area contributed by atoms with Gasteiger partial charge in [0, 0.05) is 5.56 Å². The van der Waals surface area contributed by atoms with E-state index in [1.807, 2.05) is 60.0 Å². The van der Waals surface area contributed by atoms with E-state index in [4.69, 9.17) is 13.9 Å². The van der Waals surface area contributed by atoms with Crippen molar-refractivity contribution in [3.8, 4) is 16.5 Å². The second-order valence-corrected chi connectivity index (χ2v) is 7.18. The molecule has 0 saturated carbocycles. The number of aromatic nitrogens is 2. The molecule has 0 N–H and O–H groups in total. The van der Waals surface area contributed by atoms with Crippen molar-refractivity contribution in [3.05, 3.63) is 89.1 Å². The van der Waals surface area contributed by atoms with E-state index in [0.717, 1.165) is 16.2 Å². The predicted octanol–water partition coefficient (Wildman–Crippen LogP) is 5.30. The van der Waals surface area contributed by atoms with Crippen LogP contribution in [0.1, 0.15) is 34.8 Å². The van der Waals surface area contributed by atoms with Gasteiger partial charge in [-0.05, 0) is 36.6 Å². The zero-order valence-electron chi connectivity index (χ0n) is 15.6. The maximum absolute atomic E-state index is 12.7. The van der Waals surface area contributed by atoms with Crippen molar-refractivity contribution >= 4 is 17.3 Å². The highest BCUT2D eigenvalue weighted by Gasteiger charge is 2.21. The second-order valence-electron chi connectivity index (χ2n) is 6.23. The molecule has 4 aromatic rings. The summed E-state index contributed by atoms with van der Waals surface area (Å²) in [6, 6.07) is 20.4. The highest BCUT2D eigenvalue weighted by Crippen LogP contribution is 2.26. The van der Waals surface area contributed by atoms with Crippen LogP contribution in [0, 0.1) is 0 Å². The zero-order valence-corrected chi connectivity index (χ0v) is 16.5. The molecule has 0 bridgehead atoms. The summed E-state index contributed by atoms with van der Waals surface area (Å²) in [5.41, 5.74) is 1.17. The maximum atomic E-state index is 12.7. The predicted molar refractivity (Wildman–Crippen MR) is 109 cm³/mol. The lowest BCUT2D eigenvalue weighted by molar-refractivity contribution is 0.0277. The average Bonchev–Trinajstić information content (AvgIpc) is 3.45. The van der Waals surface area contributed by atoms with E-state index >= 15 is 0 Å². The third-order valence-electron chi connectivity index (χ3n) is 4.18. The smallest absolute Gasteiger partial charge is 0.339 e. The summed E-state index contributed by atoms with van der Waals surface area (Å²) in [5, 5.41) is 9.96. The van der Waals surface area contributed by atoms with E-state index in [1.54, 1.807) is 19.1 Å². The third kappa shape index (κ3) is 4.52. The number of ether oxygens (including phenoxy) is 2. The van der Waals surface area contributed by atoms with Gasteiger partial charge in [0.25, 0.3) is 11.8 Å². The molecular formula is C22H18N2O4S. The number of thiophene rings is 1. The number of benzene rings is 2. The minimum Gasteiger partial charge on any atom is -0.489 e. The van der Waals surface area contributed by atoms with Gasteiger partial charge in [0.05, 0.1) is 10.4 Å². The van der Waals surface area contributed by atoms with Crippen molar-refractivity contribution < 1.29 is 18.7 Å². The molecule has 29 heavy (non-hydrogen) atoms. The molecule has 2 aromatic heterocycles. The topological polar surface area (TPSA) is 74.5 Å². The SMILES string of the molecule is C[C@H](OC(=O)c1ccccc1COc1ccccc1)c1nnc(-c2cccs2)o1. The van der Waals surface area contributed by atoms with Crippen molar-refractivity contribution in [2.75, 3.05) is 0 Å². The first-order chi connectivity index (χ1) is 14.2. The van der Waals surface area contributed by atoms with Gasteiger partial charge < -0.3 is 13.9 Å². The molecule has 7 heteroatoms. The molecule has 0 aliphatic carbocycles. The van der Waals surface area contributed by atoms with E-state index in [1.165, 1.54) is 11.3 Å². The molecule has 0 amide bonds. The molecule has 2 heterocycles. The van der Waals surface area contributed by atoms with Crippen LogP contribution in [0.4, 0.5) is 0 Å². The Balaban J connectivity index is 1.44. The molecule has 0 fully saturated rings. The van der Waals surface area contributed by atoms with Gasteiger partial charge in [-0.1, -0.05) is 42.5 Å². The van der Waals surface area contributed by atoms with Crippen LogP contribution in [0.3, 0.4) is 0 Å². The molecule has 6 nitrogen and oxygen atoms in total. The molecule has 2 aromatic carbocycles. The van der Waals surface area contributed by atoms with Crippen LogP contribution >= 0.6 is 11.3 Å². The molecule has 0 aliphatic rings. The first-order valence-corrected chi connectivity index (χ1v) is 9.92. The monoisotopic (exact) mass is 406 g/mol. The molecular weight excluding hydrogens is 388 g/mol. The van der Waals surface area contributed by atoms with Gasteiger partial charge in [0.2, 0.25) is 0 Å². The van der Waals surface area contributed by atoms with Crippen molar-refractivity contribution in [3.63, 3.8) is 0 Å². The molecule has 146 valence electrons. The summed E-state index contributed by atoms with van der Waals surface area (Å²) in [6.07, 6.45) is -0.674. The van der Waals surface area contributed by atoms with Gasteiger partial charge in [0.1, 0.15) is 12.4 Å². The quantitative estimate of drug-likeness (QED) is 0.388. The van der Waals surface area contributed by atoms with Crippen LogP contribution in [0.5, 0.6) is 5.75 Å². The average molecular weight is 406 g/mol. The number of hydrogen-bond donors (Lipinski definition) is 0. The Morgan fingerprint density at radius 1 is 1.03 bits per heavy atom. The second kappa shape index (κ2) is 8.70. The summed E-state index contributed by atoms with van der Waals surface area (Å²) in [7, 11) is 0. The first-order valence-electron chi connectivity index (χ1n) is 9.04. The maximum Gasteiger partial charge on any atom is 0.339 e. The number of hydrogen-bond acceptors (Lipinski definition) is 7. The number of para-hydroxylation sites is 1. The minimum absolute atomic E-state index is 0.250. The van der Waals surface area contributed by atoms with Crippen LogP contribution in [0.15, 0.2) is 76.5 Å². The summed E-state index contributed by atoms with van der Waals surface area (Å²) in [6.45, 7) is 1.96. The largest absolute Gasteiger partial charge is 0.489 e. The Hall–Kier alpha value is -3.45. The Morgan fingerprint density at radius 3 is 2.62 bits per heavy atom. The van der Waals surface area contributed by atoms with Crippen molar-refractivity contribution in [1.82, 2.24) is 10.2 Å². The van der Waals surface area contributed by atoms with E-state index in [0.29, 0.717) is 11.5 Å². The fourth-order valence-corrected chi connectivity index (χ4v) is 3.34. The van der Waals surface area contributed by atoms with Gasteiger partial charge in [-0.2, -0.15) is 0 Å². The van der Waals surface area contributed by atoms with Gasteiger partial charge in [-0.25, -0.2) is 4.79 Å². The molecule has 0 aliphatic heterocycles. The Kier molecular flexibility index (Phi) is 5.67. The van der Waals surface area contributed by atoms with E-state index in [9.17, 15) is 4.79 Å². The Morgan fingerprint density at radius 2 is 1.83 bits per heavy atom. The van der Waals surface area contributed by atoms with Crippen LogP contribution in [-0.4, -0.2) is 16.2 Å². The van der Waals surface area contributed by atoms with Gasteiger partial charge in [-0.15, -0.1) is 21.5 Å². The normalized spacial score (nSPS) is 11.8. The molecule has 0 unspecified atom stereocenters. The molecule has 0 spiro atoms. The van der Waals surface area contributed by atoms with Gasteiger partial charge in [-0.3, -0.25) is 0 Å². The van der Waals surface area contributed by atoms with Crippen LogP contribution in [0.2, 0.25) is 0 Å². The van der Waals surface area contributed by atoms with Crippen molar-refractivity contribution in [1.29, 1.82) is 0 Å².